The summed E-state index contributed by atoms with van der Waals surface area (Å²) in [6.07, 6.45) is 0. The van der Waals surface area contributed by atoms with Crippen LogP contribution in [0.5, 0.6) is 5.75 Å². The van der Waals surface area contributed by atoms with E-state index in [2.05, 4.69) is 0 Å². The van der Waals surface area contributed by atoms with E-state index >= 15 is 0 Å². The Hall–Kier alpha value is -2.04. The van der Waals surface area contributed by atoms with E-state index in [4.69, 9.17) is 21.4 Å². The molecular weight excluding hydrogens is 339 g/mol. The van der Waals surface area contributed by atoms with E-state index in [1.54, 1.807) is 48.5 Å². The summed E-state index contributed by atoms with van der Waals surface area (Å²) in [5.41, 5.74) is -0.312. The Morgan fingerprint density at radius 3 is 1.83 bits per heavy atom. The van der Waals surface area contributed by atoms with Crippen LogP contribution in [-0.4, -0.2) is 22.5 Å². The number of carbonyl (C=O) groups is 2. The van der Waals surface area contributed by atoms with Crippen LogP contribution in [0.4, 0.5) is 0 Å². The minimum Gasteiger partial charge on any atom is -0.478 e. The fraction of sp³-hybridized carbons (Fsp3) is 0.176. The Kier molecular flexibility index (Phi) is 6.19. The van der Waals surface area contributed by atoms with Crippen molar-refractivity contribution < 1.29 is 19.4 Å². The SMILES string of the molecule is CC(C)(Oc1ccc(C(=O)c2ccc(Cl)cc2)cc1)C(=O)O.Cl. The Morgan fingerprint density at radius 2 is 1.39 bits per heavy atom. The molecule has 6 heteroatoms. The predicted molar refractivity (Wildman–Crippen MR) is 90.9 cm³/mol. The van der Waals surface area contributed by atoms with E-state index in [9.17, 15) is 9.59 Å². The third-order valence-electron chi connectivity index (χ3n) is 3.11. The first-order chi connectivity index (χ1) is 10.3. The third-order valence-corrected chi connectivity index (χ3v) is 3.36. The van der Waals surface area contributed by atoms with Crippen LogP contribution in [-0.2, 0) is 4.79 Å². The molecule has 1 N–H and O–H groups in total. The first kappa shape index (κ1) is 19.0. The number of aliphatic carboxylic acids is 1. The lowest BCUT2D eigenvalue weighted by Crippen LogP contribution is -2.37. The molecule has 0 aliphatic rings. The molecule has 0 aromatic heterocycles. The maximum Gasteiger partial charge on any atom is 0.347 e. The lowest BCUT2D eigenvalue weighted by Gasteiger charge is -2.21. The average Bonchev–Trinajstić information content (AvgIpc) is 2.47. The fourth-order valence-corrected chi connectivity index (χ4v) is 1.91. The van der Waals surface area contributed by atoms with Crippen LogP contribution in [0.25, 0.3) is 0 Å². The van der Waals surface area contributed by atoms with Crippen molar-refractivity contribution in [1.82, 2.24) is 0 Å². The van der Waals surface area contributed by atoms with E-state index in [-0.39, 0.29) is 18.2 Å². The van der Waals surface area contributed by atoms with Gasteiger partial charge in [-0.15, -0.1) is 12.4 Å². The van der Waals surface area contributed by atoms with Crippen molar-refractivity contribution >= 4 is 35.8 Å². The second-order valence-corrected chi connectivity index (χ2v) is 5.71. The number of ether oxygens (including phenoxy) is 1. The summed E-state index contributed by atoms with van der Waals surface area (Å²) in [4.78, 5) is 23.3. The van der Waals surface area contributed by atoms with Gasteiger partial charge >= 0.3 is 5.97 Å². The van der Waals surface area contributed by atoms with Crippen LogP contribution in [0.2, 0.25) is 5.02 Å². The zero-order chi connectivity index (χ0) is 16.3. The third kappa shape index (κ3) is 4.71. The molecule has 122 valence electrons. The van der Waals surface area contributed by atoms with Gasteiger partial charge in [0, 0.05) is 16.1 Å². The van der Waals surface area contributed by atoms with Gasteiger partial charge in [-0.2, -0.15) is 0 Å². The molecule has 0 atom stereocenters. The normalized spacial score (nSPS) is 10.6. The molecule has 0 spiro atoms. The molecule has 0 aliphatic heterocycles. The minimum absolute atomic E-state index is 0. The minimum atomic E-state index is -1.33. The molecule has 0 heterocycles. The molecule has 23 heavy (non-hydrogen) atoms. The molecule has 0 unspecified atom stereocenters. The molecule has 0 saturated heterocycles. The fourth-order valence-electron chi connectivity index (χ4n) is 1.78. The van der Waals surface area contributed by atoms with Crippen LogP contribution in [0.3, 0.4) is 0 Å². The Balaban J connectivity index is 0.00000264. The van der Waals surface area contributed by atoms with E-state index in [0.717, 1.165) is 0 Å². The summed E-state index contributed by atoms with van der Waals surface area (Å²) in [6.45, 7) is 2.92. The highest BCUT2D eigenvalue weighted by atomic mass is 35.5. The molecule has 0 amide bonds. The van der Waals surface area contributed by atoms with Crippen LogP contribution in [0.15, 0.2) is 48.5 Å². The van der Waals surface area contributed by atoms with Gasteiger partial charge in [0.25, 0.3) is 0 Å². The Labute approximate surface area is 145 Å². The largest absolute Gasteiger partial charge is 0.478 e. The van der Waals surface area contributed by atoms with Gasteiger partial charge in [0.15, 0.2) is 11.4 Å². The van der Waals surface area contributed by atoms with E-state index in [1.807, 2.05) is 0 Å². The molecule has 0 bridgehead atoms. The molecule has 2 aromatic carbocycles. The Bertz CT molecular complexity index is 692. The summed E-state index contributed by atoms with van der Waals surface area (Å²) in [7, 11) is 0. The van der Waals surface area contributed by atoms with Gasteiger partial charge in [-0.1, -0.05) is 11.6 Å². The number of hydrogen-bond donors (Lipinski definition) is 1. The molecular formula is C17H16Cl2O4. The molecule has 2 rings (SSSR count). The van der Waals surface area contributed by atoms with Crippen molar-refractivity contribution in [1.29, 1.82) is 0 Å². The first-order valence-corrected chi connectivity index (χ1v) is 7.00. The van der Waals surface area contributed by atoms with Gasteiger partial charge in [0.05, 0.1) is 0 Å². The number of carbonyl (C=O) groups excluding carboxylic acids is 1. The summed E-state index contributed by atoms with van der Waals surface area (Å²) >= 11 is 5.79. The first-order valence-electron chi connectivity index (χ1n) is 6.62. The standard InChI is InChI=1S/C17H15ClO4.ClH/c1-17(2,16(20)21)22-14-9-5-12(6-10-14)15(19)11-3-7-13(18)8-4-11;/h3-10H,1-2H3,(H,20,21);1H. The molecule has 0 saturated carbocycles. The second-order valence-electron chi connectivity index (χ2n) is 5.28. The molecule has 0 radical (unpaired) electrons. The lowest BCUT2D eigenvalue weighted by atomic mass is 10.0. The van der Waals surface area contributed by atoms with E-state index < -0.39 is 11.6 Å². The second kappa shape index (κ2) is 7.49. The van der Waals surface area contributed by atoms with Crippen molar-refractivity contribution in [3.63, 3.8) is 0 Å². The maximum absolute atomic E-state index is 12.3. The zero-order valence-electron chi connectivity index (χ0n) is 12.6. The summed E-state index contributed by atoms with van der Waals surface area (Å²) in [5.74, 6) is -0.811. The van der Waals surface area contributed by atoms with Gasteiger partial charge in [0.1, 0.15) is 5.75 Å². The predicted octanol–water partition coefficient (Wildman–Crippen LogP) is 4.23. The van der Waals surface area contributed by atoms with Crippen LogP contribution >= 0.6 is 24.0 Å². The summed E-state index contributed by atoms with van der Waals surface area (Å²) in [5, 5.41) is 9.59. The topological polar surface area (TPSA) is 63.6 Å². The number of rotatable bonds is 5. The van der Waals surface area contributed by atoms with Crippen LogP contribution in [0.1, 0.15) is 29.8 Å². The average molecular weight is 355 g/mol. The van der Waals surface area contributed by atoms with Crippen molar-refractivity contribution in [2.45, 2.75) is 19.4 Å². The van der Waals surface area contributed by atoms with Crippen LogP contribution < -0.4 is 4.74 Å². The number of hydrogen-bond acceptors (Lipinski definition) is 3. The van der Waals surface area contributed by atoms with Crippen molar-refractivity contribution in [2.75, 3.05) is 0 Å². The number of ketones is 1. The summed E-state index contributed by atoms with van der Waals surface area (Å²) < 4.78 is 5.39. The highest BCUT2D eigenvalue weighted by Gasteiger charge is 2.29. The van der Waals surface area contributed by atoms with E-state index in [1.165, 1.54) is 13.8 Å². The van der Waals surface area contributed by atoms with E-state index in [0.29, 0.717) is 21.9 Å². The lowest BCUT2D eigenvalue weighted by molar-refractivity contribution is -0.152. The summed E-state index contributed by atoms with van der Waals surface area (Å²) in [6, 6.07) is 13.0. The van der Waals surface area contributed by atoms with Crippen molar-refractivity contribution in [2.24, 2.45) is 0 Å². The number of benzene rings is 2. The van der Waals surface area contributed by atoms with Gasteiger partial charge < -0.3 is 9.84 Å². The highest BCUT2D eigenvalue weighted by Crippen LogP contribution is 2.21. The number of carboxylic acids is 1. The van der Waals surface area contributed by atoms with Crippen molar-refractivity contribution in [3.05, 3.63) is 64.7 Å². The molecule has 0 fully saturated rings. The number of carboxylic acid groups (broad SMARTS) is 1. The van der Waals surface area contributed by atoms with Gasteiger partial charge in [0.2, 0.25) is 0 Å². The highest BCUT2D eigenvalue weighted by molar-refractivity contribution is 6.30. The number of halogens is 2. The van der Waals surface area contributed by atoms with Crippen LogP contribution in [0, 0.1) is 0 Å². The maximum atomic E-state index is 12.3. The molecule has 2 aromatic rings. The smallest absolute Gasteiger partial charge is 0.347 e. The molecule has 0 aliphatic carbocycles. The molecule has 4 nitrogen and oxygen atoms in total. The van der Waals surface area contributed by atoms with Gasteiger partial charge in [-0.05, 0) is 62.4 Å². The zero-order valence-corrected chi connectivity index (χ0v) is 14.1. The van der Waals surface area contributed by atoms with Gasteiger partial charge in [-0.3, -0.25) is 4.79 Å². The van der Waals surface area contributed by atoms with Gasteiger partial charge in [-0.25, -0.2) is 4.79 Å². The quantitative estimate of drug-likeness (QED) is 0.815. The Morgan fingerprint density at radius 1 is 0.957 bits per heavy atom. The van der Waals surface area contributed by atoms with Crippen molar-refractivity contribution in [3.8, 4) is 5.75 Å². The monoisotopic (exact) mass is 354 g/mol.